The lowest BCUT2D eigenvalue weighted by Crippen LogP contribution is -2.42. The van der Waals surface area contributed by atoms with Crippen LogP contribution in [0.5, 0.6) is 0 Å². The van der Waals surface area contributed by atoms with Crippen LogP contribution >= 0.6 is 0 Å². The number of nitrogens with two attached hydrogens (primary N) is 1. The molecule has 0 bridgehead atoms. The highest BCUT2D eigenvalue weighted by Gasteiger charge is 2.25. The molecule has 1 fully saturated rings. The highest BCUT2D eigenvalue weighted by atomic mass is 16.6. The quantitative estimate of drug-likeness (QED) is 0.611. The Morgan fingerprint density at radius 3 is 2.48 bits per heavy atom. The number of nitro groups is 1. The van der Waals surface area contributed by atoms with Crippen LogP contribution in [0.15, 0.2) is 18.2 Å². The van der Waals surface area contributed by atoms with E-state index in [0.717, 1.165) is 19.4 Å². The van der Waals surface area contributed by atoms with Gasteiger partial charge in [-0.2, -0.15) is 0 Å². The number of carbonyl (C=O) groups is 1. The van der Waals surface area contributed by atoms with Crippen LogP contribution in [0.3, 0.4) is 0 Å². The average Bonchev–Trinajstić information content (AvgIpc) is 2.59. The fraction of sp³-hybridized carbons (Fsp3) is 0.588. The number of rotatable bonds is 6. The molecule has 25 heavy (non-hydrogen) atoms. The Hall–Kier alpha value is -2.19. The molecule has 1 aromatic rings. The van der Waals surface area contributed by atoms with Crippen molar-refractivity contribution in [2.24, 2.45) is 5.73 Å². The predicted molar refractivity (Wildman–Crippen MR) is 98.0 cm³/mol. The number of nitrogens with zero attached hydrogens (tertiary/aromatic N) is 4. The largest absolute Gasteiger partial charge is 0.368 e. The lowest BCUT2D eigenvalue weighted by molar-refractivity contribution is -0.384. The van der Waals surface area contributed by atoms with Crippen LogP contribution < -0.4 is 10.6 Å². The van der Waals surface area contributed by atoms with E-state index in [-0.39, 0.29) is 17.6 Å². The fourth-order valence-electron chi connectivity index (χ4n) is 2.87. The number of likely N-dealkylation sites (N-methyl/N-ethyl adjacent to an activating group) is 2. The lowest BCUT2D eigenvalue weighted by Gasteiger charge is -2.30. The summed E-state index contributed by atoms with van der Waals surface area (Å²) >= 11 is 0. The van der Waals surface area contributed by atoms with Crippen molar-refractivity contribution < 1.29 is 9.72 Å². The van der Waals surface area contributed by atoms with Crippen LogP contribution in [0.1, 0.15) is 23.2 Å². The highest BCUT2D eigenvalue weighted by Crippen LogP contribution is 2.29. The molecule has 0 saturated carbocycles. The van der Waals surface area contributed by atoms with Crippen molar-refractivity contribution in [1.29, 1.82) is 0 Å². The number of amides is 1. The zero-order valence-electron chi connectivity index (χ0n) is 15.1. The van der Waals surface area contributed by atoms with Gasteiger partial charge in [-0.25, -0.2) is 0 Å². The van der Waals surface area contributed by atoms with E-state index < -0.39 is 4.92 Å². The van der Waals surface area contributed by atoms with Gasteiger partial charge in [0.25, 0.3) is 11.6 Å². The molecule has 8 nitrogen and oxygen atoms in total. The summed E-state index contributed by atoms with van der Waals surface area (Å²) in [7, 11) is 5.70. The Balaban J connectivity index is 2.23. The summed E-state index contributed by atoms with van der Waals surface area (Å²) in [6.07, 6.45) is 1.57. The Bertz CT molecular complexity index is 627. The number of benzene rings is 1. The molecule has 1 saturated heterocycles. The second-order valence-electron chi connectivity index (χ2n) is 6.82. The Labute approximate surface area is 148 Å². The molecule has 0 spiro atoms. The van der Waals surface area contributed by atoms with Gasteiger partial charge in [0, 0.05) is 50.9 Å². The molecule has 1 aliphatic rings. The van der Waals surface area contributed by atoms with Gasteiger partial charge in [-0.1, -0.05) is 0 Å². The van der Waals surface area contributed by atoms with Crippen LogP contribution in [0, 0.1) is 10.1 Å². The van der Waals surface area contributed by atoms with E-state index in [1.807, 2.05) is 23.9 Å². The molecule has 1 aliphatic heterocycles. The normalized spacial score (nSPS) is 15.5. The molecule has 0 radical (unpaired) electrons. The minimum Gasteiger partial charge on any atom is -0.368 e. The lowest BCUT2D eigenvalue weighted by atomic mass is 10.0. The van der Waals surface area contributed by atoms with E-state index in [0.29, 0.717) is 30.9 Å². The summed E-state index contributed by atoms with van der Waals surface area (Å²) < 4.78 is 0. The number of carbonyl (C=O) groups excluding carboxylic acids is 1. The number of piperidine rings is 1. The summed E-state index contributed by atoms with van der Waals surface area (Å²) in [5.74, 6) is -0.0935. The van der Waals surface area contributed by atoms with Crippen LogP contribution in [-0.4, -0.2) is 74.0 Å². The topological polar surface area (TPSA) is 96.0 Å². The minimum absolute atomic E-state index is 0.0125. The van der Waals surface area contributed by atoms with Gasteiger partial charge in [0.1, 0.15) is 5.69 Å². The maximum Gasteiger partial charge on any atom is 0.292 e. The number of hydrogen-bond acceptors (Lipinski definition) is 6. The smallest absolute Gasteiger partial charge is 0.292 e. The predicted octanol–water partition coefficient (Wildman–Crippen LogP) is 1.16. The van der Waals surface area contributed by atoms with Gasteiger partial charge in [0.05, 0.1) is 4.92 Å². The molecule has 0 aliphatic carbocycles. The molecule has 138 valence electrons. The van der Waals surface area contributed by atoms with Crippen molar-refractivity contribution >= 4 is 17.3 Å². The summed E-state index contributed by atoms with van der Waals surface area (Å²) in [6.45, 7) is 2.64. The summed E-state index contributed by atoms with van der Waals surface area (Å²) in [5, 5.41) is 11.3. The minimum atomic E-state index is -0.407. The third kappa shape index (κ3) is 4.90. The fourth-order valence-corrected chi connectivity index (χ4v) is 2.87. The first-order chi connectivity index (χ1) is 11.8. The van der Waals surface area contributed by atoms with Crippen molar-refractivity contribution in [2.45, 2.75) is 18.9 Å². The molecule has 1 amide bonds. The molecule has 0 atom stereocenters. The third-order valence-electron chi connectivity index (χ3n) is 4.54. The van der Waals surface area contributed by atoms with Crippen molar-refractivity contribution in [2.75, 3.05) is 52.2 Å². The van der Waals surface area contributed by atoms with E-state index in [1.54, 1.807) is 18.0 Å². The van der Waals surface area contributed by atoms with Crippen molar-refractivity contribution in [1.82, 2.24) is 9.80 Å². The van der Waals surface area contributed by atoms with Crippen molar-refractivity contribution in [3.8, 4) is 0 Å². The van der Waals surface area contributed by atoms with Gasteiger partial charge < -0.3 is 20.4 Å². The molecular formula is C17H27N5O3. The second-order valence-corrected chi connectivity index (χ2v) is 6.82. The number of nitro benzene ring substituents is 1. The standard InChI is InChI=1S/C17H27N5O3/c1-19(2)10-11-20(3)16-12-13(4-5-15(16)22(24)25)17(23)21-8-6-14(18)7-9-21/h4-5,12,14H,6-11,18H2,1-3H3. The van der Waals surface area contributed by atoms with E-state index >= 15 is 0 Å². The SMILES string of the molecule is CN(C)CCN(C)c1cc(C(=O)N2CCC(N)CC2)ccc1[N+](=O)[O-]. The van der Waals surface area contributed by atoms with Gasteiger partial charge >= 0.3 is 0 Å². The van der Waals surface area contributed by atoms with E-state index in [4.69, 9.17) is 5.73 Å². The highest BCUT2D eigenvalue weighted by molar-refractivity contribution is 5.96. The van der Waals surface area contributed by atoms with Gasteiger partial charge in [-0.05, 0) is 39.1 Å². The van der Waals surface area contributed by atoms with Gasteiger partial charge in [0.15, 0.2) is 0 Å². The Morgan fingerprint density at radius 1 is 1.28 bits per heavy atom. The second kappa shape index (κ2) is 8.26. The van der Waals surface area contributed by atoms with Gasteiger partial charge in [-0.15, -0.1) is 0 Å². The maximum absolute atomic E-state index is 12.7. The first-order valence-electron chi connectivity index (χ1n) is 8.48. The molecule has 0 aromatic heterocycles. The first kappa shape index (κ1) is 19.1. The number of likely N-dealkylation sites (tertiary alicyclic amines) is 1. The summed E-state index contributed by atoms with van der Waals surface area (Å²) in [6, 6.07) is 4.74. The van der Waals surface area contributed by atoms with Crippen LogP contribution in [0.25, 0.3) is 0 Å². The van der Waals surface area contributed by atoms with Crippen molar-refractivity contribution in [3.63, 3.8) is 0 Å². The Morgan fingerprint density at radius 2 is 1.92 bits per heavy atom. The monoisotopic (exact) mass is 349 g/mol. The zero-order chi connectivity index (χ0) is 18.6. The number of anilines is 1. The molecule has 0 unspecified atom stereocenters. The molecule has 2 N–H and O–H groups in total. The molecule has 1 aromatic carbocycles. The number of hydrogen-bond donors (Lipinski definition) is 1. The van der Waals surface area contributed by atoms with Crippen LogP contribution in [0.2, 0.25) is 0 Å². The first-order valence-corrected chi connectivity index (χ1v) is 8.48. The third-order valence-corrected chi connectivity index (χ3v) is 4.54. The van der Waals surface area contributed by atoms with Crippen LogP contribution in [0.4, 0.5) is 11.4 Å². The molecule has 1 heterocycles. The Kier molecular flexibility index (Phi) is 6.33. The summed E-state index contributed by atoms with van der Waals surface area (Å²) in [5.41, 5.74) is 6.84. The van der Waals surface area contributed by atoms with Gasteiger partial charge in [-0.3, -0.25) is 14.9 Å². The van der Waals surface area contributed by atoms with Crippen molar-refractivity contribution in [3.05, 3.63) is 33.9 Å². The average molecular weight is 349 g/mol. The van der Waals surface area contributed by atoms with Gasteiger partial charge in [0.2, 0.25) is 0 Å². The summed E-state index contributed by atoms with van der Waals surface area (Å²) in [4.78, 5) is 29.3. The molecular weight excluding hydrogens is 322 g/mol. The maximum atomic E-state index is 12.7. The molecule has 8 heteroatoms. The zero-order valence-corrected chi connectivity index (χ0v) is 15.1. The van der Waals surface area contributed by atoms with E-state index in [9.17, 15) is 14.9 Å². The van der Waals surface area contributed by atoms with E-state index in [2.05, 4.69) is 0 Å². The van der Waals surface area contributed by atoms with E-state index in [1.165, 1.54) is 12.1 Å². The molecule has 2 rings (SSSR count). The van der Waals surface area contributed by atoms with Crippen LogP contribution in [-0.2, 0) is 0 Å².